The van der Waals surface area contributed by atoms with Crippen LogP contribution in [0.5, 0.6) is 0 Å². The molecule has 1 aromatic carbocycles. The molecule has 2 unspecified atom stereocenters. The third kappa shape index (κ3) is 2.70. The van der Waals surface area contributed by atoms with Crippen molar-refractivity contribution < 1.29 is 4.79 Å². The van der Waals surface area contributed by atoms with Gasteiger partial charge < -0.3 is 16.0 Å². The molecule has 0 spiro atoms. The summed E-state index contributed by atoms with van der Waals surface area (Å²) in [5.41, 5.74) is 7.85. The van der Waals surface area contributed by atoms with E-state index in [1.165, 1.54) is 12.8 Å². The molecule has 106 valence electrons. The molecule has 1 amide bonds. The maximum absolute atomic E-state index is 12.3. The van der Waals surface area contributed by atoms with Gasteiger partial charge in [0.2, 0.25) is 5.91 Å². The van der Waals surface area contributed by atoms with Crippen LogP contribution < -0.4 is 16.0 Å². The number of hydrogen-bond donors (Lipinski definition) is 2. The van der Waals surface area contributed by atoms with Crippen LogP contribution in [-0.2, 0) is 4.79 Å². The Morgan fingerprint density at radius 1 is 1.20 bits per heavy atom. The molecule has 1 aliphatic heterocycles. The highest BCUT2D eigenvalue weighted by Gasteiger charge is 2.24. The van der Waals surface area contributed by atoms with Crippen LogP contribution in [0, 0.1) is 5.92 Å². The minimum absolute atomic E-state index is 0.0135. The molecule has 1 aliphatic carbocycles. The average Bonchev–Trinajstić information content (AvgIpc) is 3.10. The van der Waals surface area contributed by atoms with Gasteiger partial charge in [-0.25, -0.2) is 0 Å². The molecule has 3 N–H and O–H groups in total. The first-order chi connectivity index (χ1) is 9.74. The molecule has 4 nitrogen and oxygen atoms in total. The van der Waals surface area contributed by atoms with Crippen molar-refractivity contribution in [2.45, 2.75) is 25.3 Å². The van der Waals surface area contributed by atoms with E-state index < -0.39 is 0 Å². The number of benzene rings is 1. The van der Waals surface area contributed by atoms with Crippen molar-refractivity contribution in [3.05, 3.63) is 36.4 Å². The Labute approximate surface area is 119 Å². The van der Waals surface area contributed by atoms with Crippen LogP contribution in [0.3, 0.4) is 0 Å². The van der Waals surface area contributed by atoms with E-state index in [0.29, 0.717) is 6.42 Å². The zero-order chi connectivity index (χ0) is 13.9. The van der Waals surface area contributed by atoms with E-state index in [1.54, 1.807) is 0 Å². The van der Waals surface area contributed by atoms with Crippen LogP contribution >= 0.6 is 0 Å². The second kappa shape index (κ2) is 5.67. The molecule has 1 saturated heterocycles. The van der Waals surface area contributed by atoms with E-state index in [1.807, 2.05) is 30.4 Å². The molecule has 1 fully saturated rings. The third-order valence-corrected chi connectivity index (χ3v) is 4.06. The molecular weight excluding hydrogens is 250 g/mol. The van der Waals surface area contributed by atoms with Crippen molar-refractivity contribution in [3.8, 4) is 0 Å². The van der Waals surface area contributed by atoms with E-state index in [2.05, 4.69) is 16.3 Å². The molecule has 20 heavy (non-hydrogen) atoms. The smallest absolute Gasteiger partial charge is 0.231 e. The minimum atomic E-state index is -0.100. The summed E-state index contributed by atoms with van der Waals surface area (Å²) in [6, 6.07) is 8.06. The van der Waals surface area contributed by atoms with Gasteiger partial charge in [0.15, 0.2) is 0 Å². The van der Waals surface area contributed by atoms with Gasteiger partial charge in [-0.2, -0.15) is 0 Å². The van der Waals surface area contributed by atoms with Gasteiger partial charge >= 0.3 is 0 Å². The third-order valence-electron chi connectivity index (χ3n) is 4.06. The Hall–Kier alpha value is -1.81. The Kier molecular flexibility index (Phi) is 3.74. The second-order valence-electron chi connectivity index (χ2n) is 5.59. The molecule has 1 aromatic rings. The monoisotopic (exact) mass is 271 g/mol. The standard InChI is InChI=1S/C16H21N3O/c17-13-8-7-12(11-13)16(20)18-14-5-1-2-6-15(14)19-9-3-4-10-19/h1-2,5-8,12-13H,3-4,9-11,17H2,(H,18,20). The predicted molar refractivity (Wildman–Crippen MR) is 81.7 cm³/mol. The number of nitrogens with one attached hydrogen (secondary N) is 1. The molecule has 2 atom stereocenters. The molecule has 0 radical (unpaired) electrons. The number of amides is 1. The largest absolute Gasteiger partial charge is 0.370 e. The fourth-order valence-corrected chi connectivity index (χ4v) is 2.96. The van der Waals surface area contributed by atoms with Gasteiger partial charge in [0.25, 0.3) is 0 Å². The van der Waals surface area contributed by atoms with Crippen LogP contribution in [-0.4, -0.2) is 25.0 Å². The lowest BCUT2D eigenvalue weighted by Gasteiger charge is -2.22. The first-order valence-corrected chi connectivity index (χ1v) is 7.33. The Bertz CT molecular complexity index is 520. The summed E-state index contributed by atoms with van der Waals surface area (Å²) >= 11 is 0. The van der Waals surface area contributed by atoms with Crippen molar-refractivity contribution in [2.24, 2.45) is 11.7 Å². The molecule has 0 bridgehead atoms. The van der Waals surface area contributed by atoms with Crippen LogP contribution in [0.4, 0.5) is 11.4 Å². The lowest BCUT2D eigenvalue weighted by atomic mass is 10.1. The highest BCUT2D eigenvalue weighted by molar-refractivity contribution is 5.97. The molecular formula is C16H21N3O. The molecule has 4 heteroatoms. The summed E-state index contributed by atoms with van der Waals surface area (Å²) in [5.74, 6) is -0.0579. The summed E-state index contributed by atoms with van der Waals surface area (Å²) < 4.78 is 0. The topological polar surface area (TPSA) is 58.4 Å². The fourth-order valence-electron chi connectivity index (χ4n) is 2.96. The summed E-state index contributed by atoms with van der Waals surface area (Å²) in [7, 11) is 0. The Balaban J connectivity index is 1.73. The number of hydrogen-bond acceptors (Lipinski definition) is 3. The summed E-state index contributed by atoms with van der Waals surface area (Å²) in [4.78, 5) is 14.6. The number of para-hydroxylation sites is 2. The number of rotatable bonds is 3. The number of carbonyl (C=O) groups is 1. The normalized spacial score (nSPS) is 25.1. The maximum atomic E-state index is 12.3. The van der Waals surface area contributed by atoms with Gasteiger partial charge in [0.05, 0.1) is 17.3 Å². The van der Waals surface area contributed by atoms with E-state index in [4.69, 9.17) is 5.73 Å². The predicted octanol–water partition coefficient (Wildman–Crippen LogP) is 2.13. The Morgan fingerprint density at radius 2 is 1.95 bits per heavy atom. The average molecular weight is 271 g/mol. The molecule has 2 aliphatic rings. The van der Waals surface area contributed by atoms with Crippen LogP contribution in [0.15, 0.2) is 36.4 Å². The highest BCUT2D eigenvalue weighted by atomic mass is 16.1. The number of anilines is 2. The lowest BCUT2D eigenvalue weighted by Crippen LogP contribution is -2.26. The number of nitrogens with two attached hydrogens (primary N) is 1. The van der Waals surface area contributed by atoms with Crippen molar-refractivity contribution in [2.75, 3.05) is 23.3 Å². The Morgan fingerprint density at radius 3 is 2.65 bits per heavy atom. The highest BCUT2D eigenvalue weighted by Crippen LogP contribution is 2.29. The first-order valence-electron chi connectivity index (χ1n) is 7.33. The quantitative estimate of drug-likeness (QED) is 0.828. The minimum Gasteiger partial charge on any atom is -0.370 e. The summed E-state index contributed by atoms with van der Waals surface area (Å²) in [5, 5.41) is 3.06. The second-order valence-corrected chi connectivity index (χ2v) is 5.59. The van der Waals surface area contributed by atoms with Crippen molar-refractivity contribution in [3.63, 3.8) is 0 Å². The zero-order valence-corrected chi connectivity index (χ0v) is 11.6. The van der Waals surface area contributed by atoms with Crippen LogP contribution in [0.2, 0.25) is 0 Å². The van der Waals surface area contributed by atoms with Gasteiger partial charge in [-0.3, -0.25) is 4.79 Å². The fraction of sp³-hybridized carbons (Fsp3) is 0.438. The van der Waals surface area contributed by atoms with Gasteiger partial charge in [0.1, 0.15) is 0 Å². The van der Waals surface area contributed by atoms with Crippen molar-refractivity contribution in [1.29, 1.82) is 0 Å². The molecule has 0 saturated carbocycles. The van der Waals surface area contributed by atoms with E-state index in [0.717, 1.165) is 24.5 Å². The van der Waals surface area contributed by atoms with Crippen LogP contribution in [0.1, 0.15) is 19.3 Å². The van der Waals surface area contributed by atoms with Gasteiger partial charge in [0, 0.05) is 19.1 Å². The van der Waals surface area contributed by atoms with E-state index >= 15 is 0 Å². The van der Waals surface area contributed by atoms with Gasteiger partial charge in [-0.05, 0) is 31.4 Å². The SMILES string of the molecule is NC1C=CC(C(=O)Nc2ccccc2N2CCCC2)C1. The summed E-state index contributed by atoms with van der Waals surface area (Å²) in [6.45, 7) is 2.14. The summed E-state index contributed by atoms with van der Waals surface area (Å²) in [6.07, 6.45) is 6.98. The lowest BCUT2D eigenvalue weighted by molar-refractivity contribution is -0.118. The van der Waals surface area contributed by atoms with E-state index in [-0.39, 0.29) is 17.9 Å². The van der Waals surface area contributed by atoms with Crippen LogP contribution in [0.25, 0.3) is 0 Å². The zero-order valence-electron chi connectivity index (χ0n) is 11.6. The van der Waals surface area contributed by atoms with Gasteiger partial charge in [-0.1, -0.05) is 24.3 Å². The van der Waals surface area contributed by atoms with E-state index in [9.17, 15) is 4.79 Å². The van der Waals surface area contributed by atoms with Crippen molar-refractivity contribution in [1.82, 2.24) is 0 Å². The maximum Gasteiger partial charge on any atom is 0.231 e. The van der Waals surface area contributed by atoms with Crippen molar-refractivity contribution >= 4 is 17.3 Å². The molecule has 1 heterocycles. The number of nitrogens with zero attached hydrogens (tertiary/aromatic N) is 1. The molecule has 3 rings (SSSR count). The van der Waals surface area contributed by atoms with Gasteiger partial charge in [-0.15, -0.1) is 0 Å². The number of carbonyl (C=O) groups excluding carboxylic acids is 1. The molecule has 0 aromatic heterocycles. The first kappa shape index (κ1) is 13.2.